The van der Waals surface area contributed by atoms with Gasteiger partial charge in [-0.05, 0) is 30.6 Å². The van der Waals surface area contributed by atoms with Crippen LogP contribution in [0.3, 0.4) is 0 Å². The minimum atomic E-state index is 0.268. The molecule has 1 atom stereocenters. The van der Waals surface area contributed by atoms with E-state index in [9.17, 15) is 0 Å². The van der Waals surface area contributed by atoms with Gasteiger partial charge >= 0.3 is 0 Å². The Morgan fingerprint density at radius 1 is 1.53 bits per heavy atom. The number of rotatable bonds is 6. The summed E-state index contributed by atoms with van der Waals surface area (Å²) in [6.07, 6.45) is 5.80. The molecule has 0 radical (unpaired) electrons. The molecule has 17 heavy (non-hydrogen) atoms. The first-order valence-electron chi connectivity index (χ1n) is 5.78. The third-order valence-corrected chi connectivity index (χ3v) is 3.32. The second-order valence-corrected chi connectivity index (χ2v) is 4.83. The Morgan fingerprint density at radius 3 is 3.00 bits per heavy atom. The first kappa shape index (κ1) is 12.2. The van der Waals surface area contributed by atoms with Gasteiger partial charge in [0, 0.05) is 19.7 Å². The topological polar surface area (TPSA) is 55.6 Å². The molecular formula is C11H17N5S. The van der Waals surface area contributed by atoms with Crippen LogP contribution in [0.25, 0.3) is 0 Å². The molecule has 0 spiro atoms. The number of hydrogen-bond acceptors (Lipinski definition) is 5. The van der Waals surface area contributed by atoms with Crippen LogP contribution >= 0.6 is 11.5 Å². The number of hydrogen-bond donors (Lipinski definition) is 1. The summed E-state index contributed by atoms with van der Waals surface area (Å²) in [7, 11) is 1.94. The fourth-order valence-corrected chi connectivity index (χ4v) is 2.28. The monoisotopic (exact) mass is 251 g/mol. The minimum absolute atomic E-state index is 0.268. The quantitative estimate of drug-likeness (QED) is 0.846. The highest BCUT2D eigenvalue weighted by Crippen LogP contribution is 2.19. The maximum Gasteiger partial charge on any atom is 0.0669 e. The van der Waals surface area contributed by atoms with Crippen molar-refractivity contribution in [2.45, 2.75) is 25.8 Å². The molecule has 2 aromatic rings. The maximum atomic E-state index is 4.41. The van der Waals surface area contributed by atoms with E-state index in [4.69, 9.17) is 0 Å². The lowest BCUT2D eigenvalue weighted by Gasteiger charge is -2.14. The molecule has 0 aliphatic rings. The fraction of sp³-hybridized carbons (Fsp3) is 0.545. The van der Waals surface area contributed by atoms with Gasteiger partial charge < -0.3 is 5.32 Å². The number of nitrogens with one attached hydrogen (secondary N) is 1. The molecule has 0 bridgehead atoms. The third-order valence-electron chi connectivity index (χ3n) is 2.54. The molecule has 2 heterocycles. The van der Waals surface area contributed by atoms with Gasteiger partial charge in [-0.1, -0.05) is 11.4 Å². The lowest BCUT2D eigenvalue weighted by molar-refractivity contribution is 0.527. The van der Waals surface area contributed by atoms with Gasteiger partial charge in [-0.25, -0.2) is 0 Å². The van der Waals surface area contributed by atoms with E-state index in [1.165, 1.54) is 16.4 Å². The second kappa shape index (κ2) is 5.88. The Kier molecular flexibility index (Phi) is 4.22. The van der Waals surface area contributed by atoms with E-state index >= 15 is 0 Å². The van der Waals surface area contributed by atoms with Crippen LogP contribution in [0.4, 0.5) is 0 Å². The zero-order valence-electron chi connectivity index (χ0n) is 10.1. The fourth-order valence-electron chi connectivity index (χ4n) is 1.70. The third kappa shape index (κ3) is 3.34. The Hall–Kier alpha value is -1.27. The van der Waals surface area contributed by atoms with Crippen LogP contribution in [-0.2, 0) is 13.5 Å². The largest absolute Gasteiger partial charge is 0.309 e. The molecule has 92 valence electrons. The van der Waals surface area contributed by atoms with Crippen molar-refractivity contribution in [2.75, 3.05) is 6.54 Å². The molecule has 0 amide bonds. The van der Waals surface area contributed by atoms with Crippen LogP contribution in [-0.4, -0.2) is 25.9 Å². The molecule has 2 aromatic heterocycles. The average Bonchev–Trinajstić information content (AvgIpc) is 2.95. The predicted octanol–water partition coefficient (Wildman–Crippen LogP) is 1.55. The van der Waals surface area contributed by atoms with Crippen LogP contribution in [0.5, 0.6) is 0 Å². The van der Waals surface area contributed by atoms with Gasteiger partial charge in [0.2, 0.25) is 0 Å². The lowest BCUT2D eigenvalue weighted by Crippen LogP contribution is -2.23. The summed E-state index contributed by atoms with van der Waals surface area (Å²) in [6.45, 7) is 3.16. The summed E-state index contributed by atoms with van der Waals surface area (Å²) in [4.78, 5) is 1.17. The first-order chi connectivity index (χ1) is 8.29. The van der Waals surface area contributed by atoms with Gasteiger partial charge in [0.25, 0.3) is 0 Å². The molecule has 6 heteroatoms. The predicted molar refractivity (Wildman–Crippen MR) is 67.9 cm³/mol. The molecule has 1 N–H and O–H groups in total. The van der Waals surface area contributed by atoms with Gasteiger partial charge in [-0.2, -0.15) is 5.10 Å². The minimum Gasteiger partial charge on any atom is -0.309 e. The smallest absolute Gasteiger partial charge is 0.0669 e. The molecule has 0 aliphatic carbocycles. The zero-order valence-corrected chi connectivity index (χ0v) is 10.9. The SMILES string of the molecule is CCCNC(Cc1ccn(C)n1)c1cnns1. The van der Waals surface area contributed by atoms with Crippen LogP contribution < -0.4 is 5.32 Å². The van der Waals surface area contributed by atoms with E-state index in [1.54, 1.807) is 0 Å². The molecule has 0 aliphatic heterocycles. The van der Waals surface area contributed by atoms with Gasteiger partial charge in [0.15, 0.2) is 0 Å². The van der Waals surface area contributed by atoms with Crippen molar-refractivity contribution in [2.24, 2.45) is 7.05 Å². The normalized spacial score (nSPS) is 12.8. The summed E-state index contributed by atoms with van der Waals surface area (Å²) in [6, 6.07) is 2.32. The van der Waals surface area contributed by atoms with E-state index in [0.29, 0.717) is 0 Å². The molecule has 2 rings (SSSR count). The number of aryl methyl sites for hydroxylation is 1. The Bertz CT molecular complexity index is 436. The lowest BCUT2D eigenvalue weighted by atomic mass is 10.1. The van der Waals surface area contributed by atoms with Crippen molar-refractivity contribution in [3.05, 3.63) is 29.0 Å². The molecule has 0 saturated heterocycles. The molecule has 0 saturated carbocycles. The summed E-state index contributed by atoms with van der Waals surface area (Å²) in [5.74, 6) is 0. The zero-order chi connectivity index (χ0) is 12.1. The van der Waals surface area contributed by atoms with Gasteiger partial charge in [-0.15, -0.1) is 5.10 Å². The Balaban J connectivity index is 2.05. The van der Waals surface area contributed by atoms with E-state index in [2.05, 4.69) is 33.0 Å². The van der Waals surface area contributed by atoms with Crippen molar-refractivity contribution < 1.29 is 0 Å². The van der Waals surface area contributed by atoms with Crippen molar-refractivity contribution in [1.29, 1.82) is 0 Å². The van der Waals surface area contributed by atoms with Crippen molar-refractivity contribution in [3.63, 3.8) is 0 Å². The highest BCUT2D eigenvalue weighted by Gasteiger charge is 2.15. The number of aromatic nitrogens is 4. The molecule has 0 aromatic carbocycles. The Morgan fingerprint density at radius 2 is 2.41 bits per heavy atom. The number of nitrogens with zero attached hydrogens (tertiary/aromatic N) is 4. The molecular weight excluding hydrogens is 234 g/mol. The summed E-state index contributed by atoms with van der Waals surface area (Å²) >= 11 is 1.45. The molecule has 1 unspecified atom stereocenters. The van der Waals surface area contributed by atoms with E-state index in [0.717, 1.165) is 25.1 Å². The van der Waals surface area contributed by atoms with Gasteiger partial charge in [-0.3, -0.25) is 4.68 Å². The molecule has 0 fully saturated rings. The van der Waals surface area contributed by atoms with Gasteiger partial charge in [0.1, 0.15) is 0 Å². The van der Waals surface area contributed by atoms with E-state index < -0.39 is 0 Å². The van der Waals surface area contributed by atoms with Crippen LogP contribution in [0.1, 0.15) is 30.0 Å². The average molecular weight is 251 g/mol. The van der Waals surface area contributed by atoms with Crippen LogP contribution in [0, 0.1) is 0 Å². The van der Waals surface area contributed by atoms with Crippen molar-refractivity contribution in [3.8, 4) is 0 Å². The van der Waals surface area contributed by atoms with Crippen molar-refractivity contribution >= 4 is 11.5 Å². The summed E-state index contributed by atoms with van der Waals surface area (Å²) in [5, 5.41) is 11.8. The van der Waals surface area contributed by atoms with Crippen LogP contribution in [0.15, 0.2) is 18.5 Å². The standard InChI is InChI=1S/C11H17N5S/c1-3-5-12-10(11-8-13-15-17-11)7-9-4-6-16(2)14-9/h4,6,8,10,12H,3,5,7H2,1-2H3. The summed E-state index contributed by atoms with van der Waals surface area (Å²) in [5.41, 5.74) is 1.09. The van der Waals surface area contributed by atoms with Crippen molar-refractivity contribution in [1.82, 2.24) is 24.7 Å². The molecule has 5 nitrogen and oxygen atoms in total. The first-order valence-corrected chi connectivity index (χ1v) is 6.56. The highest BCUT2D eigenvalue weighted by atomic mass is 32.1. The van der Waals surface area contributed by atoms with E-state index in [-0.39, 0.29) is 6.04 Å². The highest BCUT2D eigenvalue weighted by molar-refractivity contribution is 7.05. The van der Waals surface area contributed by atoms with Gasteiger partial charge in [0.05, 0.1) is 22.8 Å². The Labute approximate surface area is 105 Å². The van der Waals surface area contributed by atoms with Crippen LogP contribution in [0.2, 0.25) is 0 Å². The van der Waals surface area contributed by atoms with E-state index in [1.807, 2.05) is 24.1 Å². The maximum absolute atomic E-state index is 4.41. The summed E-state index contributed by atoms with van der Waals surface area (Å²) < 4.78 is 5.75. The second-order valence-electron chi connectivity index (χ2n) is 4.01.